The lowest BCUT2D eigenvalue weighted by Gasteiger charge is -2.10. The van der Waals surface area contributed by atoms with E-state index >= 15 is 0 Å². The van der Waals surface area contributed by atoms with Crippen molar-refractivity contribution >= 4 is 38.5 Å². The van der Waals surface area contributed by atoms with Gasteiger partial charge in [0, 0.05) is 18.1 Å². The predicted octanol–water partition coefficient (Wildman–Crippen LogP) is 3.78. The Morgan fingerprint density at radius 2 is 1.75 bits per heavy atom. The highest BCUT2D eigenvalue weighted by molar-refractivity contribution is 7.89. The van der Waals surface area contributed by atoms with E-state index in [9.17, 15) is 8.42 Å². The van der Waals surface area contributed by atoms with Crippen LogP contribution in [0.4, 0.5) is 5.82 Å². The predicted molar refractivity (Wildman–Crippen MR) is 126 cm³/mol. The number of benzene rings is 2. The van der Waals surface area contributed by atoms with Gasteiger partial charge in [-0.1, -0.05) is 23.7 Å². The molecule has 2 aromatic heterocycles. The molecule has 2 heterocycles. The molecule has 4 rings (SSSR count). The zero-order valence-corrected chi connectivity index (χ0v) is 19.5. The number of rotatable bonds is 7. The lowest BCUT2D eigenvalue weighted by Crippen LogP contribution is -2.29. The van der Waals surface area contributed by atoms with Gasteiger partial charge in [0.05, 0.1) is 21.7 Å². The van der Waals surface area contributed by atoms with Crippen LogP contribution in [-0.2, 0) is 10.0 Å². The number of nitrogens with one attached hydrogen (secondary N) is 2. The lowest BCUT2D eigenvalue weighted by molar-refractivity contribution is 0.583. The van der Waals surface area contributed by atoms with Crippen LogP contribution in [-0.4, -0.2) is 41.3 Å². The third kappa shape index (κ3) is 4.59. The summed E-state index contributed by atoms with van der Waals surface area (Å²) >= 11 is 5.83. The van der Waals surface area contributed by atoms with Crippen molar-refractivity contribution in [1.29, 1.82) is 0 Å². The van der Waals surface area contributed by atoms with Crippen LogP contribution in [0.25, 0.3) is 16.7 Å². The molecular formula is C22H23ClN6O2S. The fourth-order valence-electron chi connectivity index (χ4n) is 3.42. The molecule has 0 radical (unpaired) electrons. The van der Waals surface area contributed by atoms with Gasteiger partial charge in [-0.3, -0.25) is 0 Å². The molecule has 2 aromatic carbocycles. The van der Waals surface area contributed by atoms with Gasteiger partial charge in [0.15, 0.2) is 5.65 Å². The van der Waals surface area contributed by atoms with E-state index in [1.165, 1.54) is 12.1 Å². The molecule has 0 aliphatic carbocycles. The van der Waals surface area contributed by atoms with Crippen LogP contribution in [0.15, 0.2) is 53.4 Å². The zero-order chi connectivity index (χ0) is 22.9. The topological polar surface area (TPSA) is 102 Å². The van der Waals surface area contributed by atoms with Gasteiger partial charge in [-0.25, -0.2) is 27.8 Å². The lowest BCUT2D eigenvalue weighted by atomic mass is 10.2. The highest BCUT2D eigenvalue weighted by Crippen LogP contribution is 2.26. The van der Waals surface area contributed by atoms with Crippen molar-refractivity contribution in [2.45, 2.75) is 25.7 Å². The quantitative estimate of drug-likeness (QED) is 0.398. The first-order valence-electron chi connectivity index (χ1n) is 10.0. The number of halogens is 1. The van der Waals surface area contributed by atoms with E-state index in [0.29, 0.717) is 28.9 Å². The van der Waals surface area contributed by atoms with Crippen molar-refractivity contribution < 1.29 is 8.42 Å². The van der Waals surface area contributed by atoms with E-state index in [0.717, 1.165) is 22.3 Å². The van der Waals surface area contributed by atoms with Gasteiger partial charge in [-0.15, -0.1) is 0 Å². The van der Waals surface area contributed by atoms with Crippen molar-refractivity contribution in [3.8, 4) is 5.69 Å². The van der Waals surface area contributed by atoms with Gasteiger partial charge in [0.1, 0.15) is 11.6 Å². The molecule has 0 saturated carbocycles. The van der Waals surface area contributed by atoms with Crippen LogP contribution in [0.1, 0.15) is 17.1 Å². The zero-order valence-electron chi connectivity index (χ0n) is 17.9. The maximum absolute atomic E-state index is 12.4. The minimum Gasteiger partial charge on any atom is -0.368 e. The number of anilines is 1. The van der Waals surface area contributed by atoms with Crippen LogP contribution in [0.3, 0.4) is 0 Å². The molecule has 0 aliphatic heterocycles. The summed E-state index contributed by atoms with van der Waals surface area (Å²) in [6.45, 7) is 6.27. The monoisotopic (exact) mass is 470 g/mol. The minimum absolute atomic E-state index is 0.164. The van der Waals surface area contributed by atoms with Crippen LogP contribution in [0.2, 0.25) is 5.02 Å². The van der Waals surface area contributed by atoms with Gasteiger partial charge in [-0.05, 0) is 62.7 Å². The molecular weight excluding hydrogens is 448 g/mol. The fraction of sp³-hybridized carbons (Fsp3) is 0.227. The highest BCUT2D eigenvalue weighted by atomic mass is 35.5. The highest BCUT2D eigenvalue weighted by Gasteiger charge is 2.17. The number of hydrogen-bond donors (Lipinski definition) is 2. The average molecular weight is 471 g/mol. The maximum Gasteiger partial charge on any atom is 0.240 e. The van der Waals surface area contributed by atoms with Crippen LogP contribution >= 0.6 is 11.6 Å². The summed E-state index contributed by atoms with van der Waals surface area (Å²) in [5.74, 6) is 1.21. The summed E-state index contributed by atoms with van der Waals surface area (Å²) in [6.07, 6.45) is 0. The molecule has 0 unspecified atom stereocenters. The number of fused-ring (bicyclic) bond motifs is 1. The van der Waals surface area contributed by atoms with E-state index in [-0.39, 0.29) is 11.4 Å². The van der Waals surface area contributed by atoms with Crippen molar-refractivity contribution in [1.82, 2.24) is 24.5 Å². The molecule has 0 saturated heterocycles. The summed E-state index contributed by atoms with van der Waals surface area (Å²) in [7, 11) is -3.62. The van der Waals surface area contributed by atoms with Gasteiger partial charge >= 0.3 is 0 Å². The summed E-state index contributed by atoms with van der Waals surface area (Å²) in [5, 5.41) is 9.18. The summed E-state index contributed by atoms with van der Waals surface area (Å²) < 4.78 is 29.3. The Hall–Kier alpha value is -3.01. The van der Waals surface area contributed by atoms with Crippen molar-refractivity contribution in [2.75, 3.05) is 18.4 Å². The van der Waals surface area contributed by atoms with E-state index in [1.807, 2.05) is 45.0 Å². The van der Waals surface area contributed by atoms with Crippen LogP contribution < -0.4 is 10.0 Å². The standard InChI is InChI=1S/C22H23ClN6O2S/c1-14-5-4-6-18(13-14)29-22-20(15(2)28-29)21(26-16(3)27-22)24-11-12-25-32(30,31)19-9-7-17(23)8-10-19/h4-10,13,25H,11-12H2,1-3H3,(H,24,26,27). The Kier molecular flexibility index (Phi) is 6.14. The second-order valence-corrected chi connectivity index (χ2v) is 9.64. The van der Waals surface area contributed by atoms with Crippen molar-refractivity contribution in [3.63, 3.8) is 0 Å². The largest absolute Gasteiger partial charge is 0.368 e. The van der Waals surface area contributed by atoms with Crippen LogP contribution in [0.5, 0.6) is 0 Å². The molecule has 0 spiro atoms. The first kappa shape index (κ1) is 22.2. The first-order valence-corrected chi connectivity index (χ1v) is 11.9. The smallest absolute Gasteiger partial charge is 0.240 e. The normalized spacial score (nSPS) is 11.8. The molecule has 10 heteroatoms. The molecule has 0 amide bonds. The van der Waals surface area contributed by atoms with Crippen LogP contribution in [0, 0.1) is 20.8 Å². The maximum atomic E-state index is 12.4. The van der Waals surface area contributed by atoms with E-state index < -0.39 is 10.0 Å². The summed E-state index contributed by atoms with van der Waals surface area (Å²) in [6, 6.07) is 14.1. The van der Waals surface area contributed by atoms with Gasteiger partial charge < -0.3 is 5.32 Å². The molecule has 2 N–H and O–H groups in total. The Labute approximate surface area is 191 Å². The van der Waals surface area contributed by atoms with E-state index in [4.69, 9.17) is 11.6 Å². The molecule has 0 atom stereocenters. The Morgan fingerprint density at radius 3 is 2.47 bits per heavy atom. The molecule has 8 nitrogen and oxygen atoms in total. The third-order valence-electron chi connectivity index (χ3n) is 4.89. The third-order valence-corrected chi connectivity index (χ3v) is 6.62. The van der Waals surface area contributed by atoms with E-state index in [2.05, 4.69) is 25.1 Å². The number of aryl methyl sites for hydroxylation is 3. The minimum atomic E-state index is -3.62. The first-order chi connectivity index (χ1) is 15.2. The molecule has 32 heavy (non-hydrogen) atoms. The number of aromatic nitrogens is 4. The Morgan fingerprint density at radius 1 is 1.00 bits per heavy atom. The molecule has 4 aromatic rings. The SMILES string of the molecule is Cc1cccc(-n2nc(C)c3c(NCCNS(=O)(=O)c4ccc(Cl)cc4)nc(C)nc32)c1. The Bertz CT molecular complexity index is 1380. The number of sulfonamides is 1. The second-order valence-electron chi connectivity index (χ2n) is 7.43. The number of nitrogens with zero attached hydrogens (tertiary/aromatic N) is 4. The molecule has 0 fully saturated rings. The number of hydrogen-bond acceptors (Lipinski definition) is 6. The second kappa shape index (κ2) is 8.85. The van der Waals surface area contributed by atoms with Gasteiger partial charge in [0.2, 0.25) is 10.0 Å². The molecule has 0 bridgehead atoms. The van der Waals surface area contributed by atoms with Gasteiger partial charge in [-0.2, -0.15) is 5.10 Å². The van der Waals surface area contributed by atoms with Crippen molar-refractivity contribution in [2.24, 2.45) is 0 Å². The molecule has 166 valence electrons. The Balaban J connectivity index is 1.54. The summed E-state index contributed by atoms with van der Waals surface area (Å²) in [5.41, 5.74) is 3.53. The van der Waals surface area contributed by atoms with E-state index in [1.54, 1.807) is 16.8 Å². The van der Waals surface area contributed by atoms with Gasteiger partial charge in [0.25, 0.3) is 0 Å². The van der Waals surface area contributed by atoms with Crippen molar-refractivity contribution in [3.05, 3.63) is 70.6 Å². The molecule has 0 aliphatic rings. The average Bonchev–Trinajstić information content (AvgIpc) is 3.08. The summed E-state index contributed by atoms with van der Waals surface area (Å²) in [4.78, 5) is 9.29. The fourth-order valence-corrected chi connectivity index (χ4v) is 4.58.